The summed E-state index contributed by atoms with van der Waals surface area (Å²) in [5.41, 5.74) is 2.62. The summed E-state index contributed by atoms with van der Waals surface area (Å²) < 4.78 is 5.66. The van der Waals surface area contributed by atoms with Crippen LogP contribution in [0.15, 0.2) is 48.5 Å². The topological polar surface area (TPSA) is 26.3 Å². The normalized spacial score (nSPS) is 11.2. The fraction of sp³-hybridized carbons (Fsp3) is 0.316. The Balaban J connectivity index is 2.33. The second kappa shape index (κ2) is 6.13. The number of carbonyl (C=O) groups is 1. The van der Waals surface area contributed by atoms with E-state index >= 15 is 0 Å². The van der Waals surface area contributed by atoms with Crippen LogP contribution in [0.5, 0.6) is 5.75 Å². The van der Waals surface area contributed by atoms with Gasteiger partial charge in [0, 0.05) is 5.56 Å². The lowest BCUT2D eigenvalue weighted by Gasteiger charge is -2.22. The van der Waals surface area contributed by atoms with Crippen molar-refractivity contribution in [2.24, 2.45) is 0 Å². The van der Waals surface area contributed by atoms with Crippen LogP contribution in [0.25, 0.3) is 0 Å². The third-order valence-corrected chi connectivity index (χ3v) is 3.52. The first kappa shape index (κ1) is 15.3. The van der Waals surface area contributed by atoms with Crippen LogP contribution in [0.1, 0.15) is 49.2 Å². The largest absolute Gasteiger partial charge is 0.423 e. The van der Waals surface area contributed by atoms with Gasteiger partial charge in [-0.15, -0.1) is 0 Å². The first-order valence-corrected chi connectivity index (χ1v) is 7.33. The number of hydrogen-bond donors (Lipinski definition) is 0. The number of hydrogen-bond acceptors (Lipinski definition) is 2. The molecule has 0 spiro atoms. The maximum absolute atomic E-state index is 12.5. The number of esters is 1. The van der Waals surface area contributed by atoms with Crippen molar-refractivity contribution in [3.63, 3.8) is 0 Å². The van der Waals surface area contributed by atoms with Gasteiger partial charge in [-0.1, -0.05) is 64.1 Å². The van der Waals surface area contributed by atoms with E-state index in [1.54, 1.807) is 0 Å². The van der Waals surface area contributed by atoms with Crippen molar-refractivity contribution in [3.05, 3.63) is 65.2 Å². The summed E-state index contributed by atoms with van der Waals surface area (Å²) in [4.78, 5) is 12.5. The minimum Gasteiger partial charge on any atom is -0.423 e. The SMILES string of the molecule is CCc1ccccc1C(=O)Oc1ccccc1C(C)(C)C. The highest BCUT2D eigenvalue weighted by Gasteiger charge is 2.21. The fourth-order valence-corrected chi connectivity index (χ4v) is 2.36. The fourth-order valence-electron chi connectivity index (χ4n) is 2.36. The third-order valence-electron chi connectivity index (χ3n) is 3.52. The molecule has 0 aliphatic rings. The zero-order valence-corrected chi connectivity index (χ0v) is 13.1. The van der Waals surface area contributed by atoms with E-state index < -0.39 is 0 Å². The van der Waals surface area contributed by atoms with Gasteiger partial charge < -0.3 is 4.74 Å². The Morgan fingerprint density at radius 3 is 2.29 bits per heavy atom. The van der Waals surface area contributed by atoms with E-state index in [1.165, 1.54) is 0 Å². The lowest BCUT2D eigenvalue weighted by atomic mass is 9.86. The van der Waals surface area contributed by atoms with E-state index in [4.69, 9.17) is 4.74 Å². The Labute approximate surface area is 126 Å². The maximum Gasteiger partial charge on any atom is 0.343 e. The molecule has 0 amide bonds. The molecular formula is C19H22O2. The molecule has 0 bridgehead atoms. The molecule has 0 radical (unpaired) electrons. The zero-order valence-electron chi connectivity index (χ0n) is 13.1. The smallest absolute Gasteiger partial charge is 0.343 e. The molecule has 21 heavy (non-hydrogen) atoms. The van der Waals surface area contributed by atoms with Crippen LogP contribution in [0.4, 0.5) is 0 Å². The summed E-state index contributed by atoms with van der Waals surface area (Å²) in [6, 6.07) is 15.3. The maximum atomic E-state index is 12.5. The number of rotatable bonds is 3. The monoisotopic (exact) mass is 282 g/mol. The molecule has 2 heteroatoms. The average molecular weight is 282 g/mol. The molecule has 0 aliphatic heterocycles. The average Bonchev–Trinajstić information content (AvgIpc) is 2.46. The summed E-state index contributed by atoms with van der Waals surface area (Å²) >= 11 is 0. The summed E-state index contributed by atoms with van der Waals surface area (Å²) in [7, 11) is 0. The molecule has 0 fully saturated rings. The van der Waals surface area contributed by atoms with Crippen LogP contribution >= 0.6 is 0 Å². The highest BCUT2D eigenvalue weighted by Crippen LogP contribution is 2.31. The van der Waals surface area contributed by atoms with Crippen molar-refractivity contribution in [1.82, 2.24) is 0 Å². The molecule has 0 saturated heterocycles. The molecule has 2 nitrogen and oxygen atoms in total. The number of ether oxygens (including phenoxy) is 1. The molecule has 2 aromatic rings. The van der Waals surface area contributed by atoms with Crippen molar-refractivity contribution in [3.8, 4) is 5.75 Å². The van der Waals surface area contributed by atoms with Gasteiger partial charge in [0.2, 0.25) is 0 Å². The zero-order chi connectivity index (χ0) is 15.5. The van der Waals surface area contributed by atoms with Crippen molar-refractivity contribution >= 4 is 5.97 Å². The molecule has 0 unspecified atom stereocenters. The highest BCUT2D eigenvalue weighted by atomic mass is 16.5. The van der Waals surface area contributed by atoms with Gasteiger partial charge in [-0.05, 0) is 29.5 Å². The van der Waals surface area contributed by atoms with Crippen LogP contribution in [-0.2, 0) is 11.8 Å². The third kappa shape index (κ3) is 3.52. The van der Waals surface area contributed by atoms with Crippen LogP contribution in [-0.4, -0.2) is 5.97 Å². The summed E-state index contributed by atoms with van der Waals surface area (Å²) in [5, 5.41) is 0. The quantitative estimate of drug-likeness (QED) is 0.599. The minimum atomic E-state index is -0.288. The molecule has 2 aromatic carbocycles. The lowest BCUT2D eigenvalue weighted by Crippen LogP contribution is -2.17. The Kier molecular flexibility index (Phi) is 4.46. The number of carbonyl (C=O) groups excluding carboxylic acids is 1. The van der Waals surface area contributed by atoms with Gasteiger partial charge in [-0.2, -0.15) is 0 Å². The Hall–Kier alpha value is -2.09. The molecule has 0 heterocycles. The van der Waals surface area contributed by atoms with Gasteiger partial charge in [0.25, 0.3) is 0 Å². The minimum absolute atomic E-state index is 0.0683. The van der Waals surface area contributed by atoms with Gasteiger partial charge in [-0.3, -0.25) is 0 Å². The highest BCUT2D eigenvalue weighted by molar-refractivity contribution is 5.92. The van der Waals surface area contributed by atoms with Crippen LogP contribution in [0.2, 0.25) is 0 Å². The van der Waals surface area contributed by atoms with Crippen molar-refractivity contribution in [2.45, 2.75) is 39.5 Å². The molecular weight excluding hydrogens is 260 g/mol. The Morgan fingerprint density at radius 1 is 1.00 bits per heavy atom. The molecule has 0 N–H and O–H groups in total. The summed E-state index contributed by atoms with van der Waals surface area (Å²) in [5.74, 6) is 0.352. The Bertz CT molecular complexity index is 636. The molecule has 0 atom stereocenters. The molecule has 0 aromatic heterocycles. The van der Waals surface area contributed by atoms with Crippen molar-refractivity contribution in [2.75, 3.05) is 0 Å². The van der Waals surface area contributed by atoms with Gasteiger partial charge in [-0.25, -0.2) is 4.79 Å². The summed E-state index contributed by atoms with van der Waals surface area (Å²) in [6.07, 6.45) is 0.812. The standard InChI is InChI=1S/C19H22O2/c1-5-14-10-6-7-11-15(14)18(20)21-17-13-9-8-12-16(17)19(2,3)4/h6-13H,5H2,1-4H3. The lowest BCUT2D eigenvalue weighted by molar-refractivity contribution is 0.0731. The van der Waals surface area contributed by atoms with Crippen molar-refractivity contribution in [1.29, 1.82) is 0 Å². The van der Waals surface area contributed by atoms with Crippen LogP contribution in [0.3, 0.4) is 0 Å². The molecule has 0 aliphatic carbocycles. The van der Waals surface area contributed by atoms with Gasteiger partial charge in [0.15, 0.2) is 0 Å². The van der Waals surface area contributed by atoms with Gasteiger partial charge >= 0.3 is 5.97 Å². The van der Waals surface area contributed by atoms with Crippen LogP contribution in [0, 0.1) is 0 Å². The number of aryl methyl sites for hydroxylation is 1. The van der Waals surface area contributed by atoms with Crippen molar-refractivity contribution < 1.29 is 9.53 Å². The Morgan fingerprint density at radius 2 is 1.62 bits per heavy atom. The molecule has 0 saturated carbocycles. The van der Waals surface area contributed by atoms with E-state index in [0.717, 1.165) is 17.5 Å². The van der Waals surface area contributed by atoms with Gasteiger partial charge in [0.1, 0.15) is 5.75 Å². The number of para-hydroxylation sites is 1. The van der Waals surface area contributed by atoms with Crippen LogP contribution < -0.4 is 4.74 Å². The van der Waals surface area contributed by atoms with E-state index in [-0.39, 0.29) is 11.4 Å². The predicted molar refractivity (Wildman–Crippen MR) is 85.9 cm³/mol. The first-order chi connectivity index (χ1) is 9.93. The van der Waals surface area contributed by atoms with E-state index in [0.29, 0.717) is 11.3 Å². The second-order valence-electron chi connectivity index (χ2n) is 6.15. The van der Waals surface area contributed by atoms with E-state index in [9.17, 15) is 4.79 Å². The molecule has 110 valence electrons. The first-order valence-electron chi connectivity index (χ1n) is 7.33. The second-order valence-corrected chi connectivity index (χ2v) is 6.15. The predicted octanol–water partition coefficient (Wildman–Crippen LogP) is 4.77. The number of benzene rings is 2. The summed E-state index contributed by atoms with van der Waals surface area (Å²) in [6.45, 7) is 8.37. The molecule has 2 rings (SSSR count). The van der Waals surface area contributed by atoms with Gasteiger partial charge in [0.05, 0.1) is 5.56 Å². The van der Waals surface area contributed by atoms with E-state index in [2.05, 4.69) is 20.8 Å². The van der Waals surface area contributed by atoms with E-state index in [1.807, 2.05) is 55.5 Å².